The molecule has 0 aliphatic heterocycles. The normalized spacial score (nSPS) is 50.2. The summed E-state index contributed by atoms with van der Waals surface area (Å²) in [6.07, 6.45) is 1.16. The maximum absolute atomic E-state index is 11.8. The Bertz CT molecular complexity index is 229. The second-order valence-electron chi connectivity index (χ2n) is 5.25. The van der Waals surface area contributed by atoms with Crippen molar-refractivity contribution in [2.45, 2.75) is 34.1 Å². The first-order valence-electron chi connectivity index (χ1n) is 5.00. The summed E-state index contributed by atoms with van der Waals surface area (Å²) in [7, 11) is 0. The Morgan fingerprint density at radius 2 is 1.83 bits per heavy atom. The van der Waals surface area contributed by atoms with Crippen molar-refractivity contribution in [3.05, 3.63) is 0 Å². The third-order valence-electron chi connectivity index (χ3n) is 4.51. The number of fused-ring (bicyclic) bond motifs is 2. The standard InChI is InChI=1S/C11H18O/c1-6-7(2)9-5-8(6)10(12)11(9,3)4/h6-9H,5H2,1-4H3. The van der Waals surface area contributed by atoms with E-state index in [9.17, 15) is 4.79 Å². The minimum atomic E-state index is -0.0173. The summed E-state index contributed by atoms with van der Waals surface area (Å²) in [6.45, 7) is 8.80. The second-order valence-corrected chi connectivity index (χ2v) is 5.25. The van der Waals surface area contributed by atoms with E-state index in [0.29, 0.717) is 23.5 Å². The van der Waals surface area contributed by atoms with Crippen molar-refractivity contribution in [1.29, 1.82) is 0 Å². The van der Waals surface area contributed by atoms with Crippen molar-refractivity contribution in [3.8, 4) is 0 Å². The maximum atomic E-state index is 11.8. The molecular weight excluding hydrogens is 148 g/mol. The van der Waals surface area contributed by atoms with E-state index in [4.69, 9.17) is 0 Å². The van der Waals surface area contributed by atoms with Crippen LogP contribution in [0.3, 0.4) is 0 Å². The number of hydrogen-bond donors (Lipinski definition) is 0. The van der Waals surface area contributed by atoms with Crippen LogP contribution in [0.5, 0.6) is 0 Å². The van der Waals surface area contributed by atoms with E-state index in [-0.39, 0.29) is 5.41 Å². The van der Waals surface area contributed by atoms with Gasteiger partial charge in [-0.25, -0.2) is 0 Å². The van der Waals surface area contributed by atoms with E-state index < -0.39 is 0 Å². The molecule has 2 aliphatic rings. The van der Waals surface area contributed by atoms with E-state index in [1.54, 1.807) is 0 Å². The molecule has 2 saturated carbocycles. The van der Waals surface area contributed by atoms with Gasteiger partial charge >= 0.3 is 0 Å². The molecule has 0 N–H and O–H groups in total. The highest BCUT2D eigenvalue weighted by molar-refractivity contribution is 5.90. The summed E-state index contributed by atoms with van der Waals surface area (Å²) in [6, 6.07) is 0. The topological polar surface area (TPSA) is 17.1 Å². The number of rotatable bonds is 0. The first-order chi connectivity index (χ1) is 5.46. The Hall–Kier alpha value is -0.330. The van der Waals surface area contributed by atoms with Crippen molar-refractivity contribution in [2.75, 3.05) is 0 Å². The highest BCUT2D eigenvalue weighted by Gasteiger charge is 2.58. The number of carbonyl (C=O) groups is 1. The quantitative estimate of drug-likeness (QED) is 0.540. The Labute approximate surface area is 74.5 Å². The molecule has 0 radical (unpaired) electrons. The van der Waals surface area contributed by atoms with Crippen molar-refractivity contribution in [2.24, 2.45) is 29.1 Å². The number of Topliss-reactive ketones (excluding diaryl/α,β-unsaturated/α-hetero) is 1. The van der Waals surface area contributed by atoms with Crippen molar-refractivity contribution in [1.82, 2.24) is 0 Å². The minimum Gasteiger partial charge on any atom is -0.299 e. The van der Waals surface area contributed by atoms with Crippen LogP contribution in [0.1, 0.15) is 34.1 Å². The summed E-state index contributed by atoms with van der Waals surface area (Å²) in [5.41, 5.74) is -0.0173. The number of carbonyl (C=O) groups excluding carboxylic acids is 1. The van der Waals surface area contributed by atoms with Crippen LogP contribution in [0.25, 0.3) is 0 Å². The fourth-order valence-corrected chi connectivity index (χ4v) is 3.39. The molecule has 1 nitrogen and oxygen atoms in total. The number of hydrogen-bond acceptors (Lipinski definition) is 1. The van der Waals surface area contributed by atoms with Crippen molar-refractivity contribution < 1.29 is 4.79 Å². The van der Waals surface area contributed by atoms with Crippen LogP contribution < -0.4 is 0 Å². The summed E-state index contributed by atoms with van der Waals surface area (Å²) in [4.78, 5) is 11.8. The molecule has 0 aromatic heterocycles. The van der Waals surface area contributed by atoms with E-state index in [0.717, 1.165) is 12.3 Å². The Morgan fingerprint density at radius 1 is 1.25 bits per heavy atom. The summed E-state index contributed by atoms with van der Waals surface area (Å²) in [5.74, 6) is 2.96. The lowest BCUT2D eigenvalue weighted by atomic mass is 9.67. The third-order valence-corrected chi connectivity index (χ3v) is 4.51. The molecule has 0 amide bonds. The molecule has 1 heteroatoms. The molecule has 4 atom stereocenters. The molecule has 68 valence electrons. The monoisotopic (exact) mass is 166 g/mol. The minimum absolute atomic E-state index is 0.0173. The van der Waals surface area contributed by atoms with Gasteiger partial charge in [-0.2, -0.15) is 0 Å². The van der Waals surface area contributed by atoms with Gasteiger partial charge in [-0.15, -0.1) is 0 Å². The van der Waals surface area contributed by atoms with Gasteiger partial charge in [0.1, 0.15) is 5.78 Å². The maximum Gasteiger partial charge on any atom is 0.142 e. The highest BCUT2D eigenvalue weighted by Crippen LogP contribution is 2.58. The number of ketones is 1. The molecule has 0 heterocycles. The van der Waals surface area contributed by atoms with E-state index in [1.807, 2.05) is 0 Å². The van der Waals surface area contributed by atoms with Gasteiger partial charge in [0.05, 0.1) is 0 Å². The molecule has 2 bridgehead atoms. The fraction of sp³-hybridized carbons (Fsp3) is 0.909. The summed E-state index contributed by atoms with van der Waals surface area (Å²) in [5, 5.41) is 0. The third kappa shape index (κ3) is 0.725. The average Bonchev–Trinajstić information content (AvgIpc) is 2.38. The van der Waals surface area contributed by atoms with Crippen LogP contribution >= 0.6 is 0 Å². The van der Waals surface area contributed by atoms with Crippen molar-refractivity contribution >= 4 is 5.78 Å². The molecule has 2 rings (SSSR count). The summed E-state index contributed by atoms with van der Waals surface area (Å²) < 4.78 is 0. The fourth-order valence-electron chi connectivity index (χ4n) is 3.39. The predicted octanol–water partition coefficient (Wildman–Crippen LogP) is 2.50. The van der Waals surface area contributed by atoms with E-state index >= 15 is 0 Å². The molecule has 12 heavy (non-hydrogen) atoms. The lowest BCUT2D eigenvalue weighted by Crippen LogP contribution is -2.38. The van der Waals surface area contributed by atoms with Crippen LogP contribution in [-0.4, -0.2) is 5.78 Å². The molecule has 2 aliphatic carbocycles. The van der Waals surface area contributed by atoms with Gasteiger partial charge in [0.15, 0.2) is 0 Å². The van der Waals surface area contributed by atoms with Crippen molar-refractivity contribution in [3.63, 3.8) is 0 Å². The van der Waals surface area contributed by atoms with Crippen LogP contribution in [0.4, 0.5) is 0 Å². The predicted molar refractivity (Wildman–Crippen MR) is 48.7 cm³/mol. The van der Waals surface area contributed by atoms with Gasteiger partial charge in [0.2, 0.25) is 0 Å². The van der Waals surface area contributed by atoms with Gasteiger partial charge in [-0.05, 0) is 24.2 Å². The van der Waals surface area contributed by atoms with Gasteiger partial charge in [-0.3, -0.25) is 4.79 Å². The Morgan fingerprint density at radius 3 is 2.25 bits per heavy atom. The zero-order valence-electron chi connectivity index (χ0n) is 8.42. The zero-order chi connectivity index (χ0) is 9.09. The van der Waals surface area contributed by atoms with Gasteiger partial charge in [0.25, 0.3) is 0 Å². The first-order valence-corrected chi connectivity index (χ1v) is 5.00. The van der Waals surface area contributed by atoms with Crippen LogP contribution in [0, 0.1) is 29.1 Å². The molecule has 0 aromatic carbocycles. The molecule has 4 unspecified atom stereocenters. The van der Waals surface area contributed by atoms with Crippen LogP contribution in [-0.2, 0) is 4.79 Å². The van der Waals surface area contributed by atoms with Gasteiger partial charge in [-0.1, -0.05) is 27.7 Å². The Balaban J connectivity index is 2.36. The van der Waals surface area contributed by atoms with E-state index in [2.05, 4.69) is 27.7 Å². The molecular formula is C11H18O. The second kappa shape index (κ2) is 2.12. The van der Waals surface area contributed by atoms with Gasteiger partial charge < -0.3 is 0 Å². The van der Waals surface area contributed by atoms with E-state index in [1.165, 1.54) is 0 Å². The molecule has 0 spiro atoms. The Kier molecular flexibility index (Phi) is 1.47. The van der Waals surface area contributed by atoms with Crippen LogP contribution in [0.2, 0.25) is 0 Å². The lowest BCUT2D eigenvalue weighted by molar-refractivity contribution is -0.133. The highest BCUT2D eigenvalue weighted by atomic mass is 16.1. The summed E-state index contributed by atoms with van der Waals surface area (Å²) >= 11 is 0. The first kappa shape index (κ1) is 8.28. The average molecular weight is 166 g/mol. The zero-order valence-corrected chi connectivity index (χ0v) is 8.42. The van der Waals surface area contributed by atoms with Gasteiger partial charge in [0, 0.05) is 11.3 Å². The SMILES string of the molecule is CC1C2CC(C1C)C(C)(C)C2=O. The van der Waals surface area contributed by atoms with Crippen LogP contribution in [0.15, 0.2) is 0 Å². The largest absolute Gasteiger partial charge is 0.299 e. The molecule has 2 fully saturated rings. The lowest BCUT2D eigenvalue weighted by Gasteiger charge is -2.36. The molecule has 0 aromatic rings. The smallest absolute Gasteiger partial charge is 0.142 e. The molecule has 0 saturated heterocycles.